The lowest BCUT2D eigenvalue weighted by molar-refractivity contribution is -0.151. The van der Waals surface area contributed by atoms with Crippen LogP contribution in [0.25, 0.3) is 0 Å². The second kappa shape index (κ2) is 11.2. The lowest BCUT2D eigenvalue weighted by atomic mass is 9.96. The van der Waals surface area contributed by atoms with E-state index >= 15 is 0 Å². The third kappa shape index (κ3) is 8.18. The Bertz CT molecular complexity index is 235. The predicted octanol–water partition coefficient (Wildman–Crippen LogP) is 1.75. The Hall–Kier alpha value is -0.650. The molecular formula is C14H29NO4. The summed E-state index contributed by atoms with van der Waals surface area (Å²) < 4.78 is 15.5. The zero-order valence-electron chi connectivity index (χ0n) is 12.8. The fraction of sp³-hybridized carbons (Fsp3) is 0.929. The van der Waals surface area contributed by atoms with E-state index in [0.29, 0.717) is 26.2 Å². The number of methoxy groups -OCH3 is 1. The van der Waals surface area contributed by atoms with Crippen molar-refractivity contribution < 1.29 is 19.0 Å². The van der Waals surface area contributed by atoms with Crippen LogP contribution in [0, 0.1) is 0 Å². The van der Waals surface area contributed by atoms with E-state index in [-0.39, 0.29) is 5.97 Å². The van der Waals surface area contributed by atoms with Crippen LogP contribution in [0.4, 0.5) is 0 Å². The molecule has 0 aromatic carbocycles. The van der Waals surface area contributed by atoms with E-state index in [1.54, 1.807) is 7.11 Å². The zero-order chi connectivity index (χ0) is 14.6. The van der Waals surface area contributed by atoms with E-state index in [2.05, 4.69) is 5.32 Å². The van der Waals surface area contributed by atoms with E-state index in [0.717, 1.165) is 26.0 Å². The number of carbonyl (C=O) groups is 1. The number of carbonyl (C=O) groups excluding carboxylic acids is 1. The first-order chi connectivity index (χ1) is 9.10. The van der Waals surface area contributed by atoms with Gasteiger partial charge in [0.25, 0.3) is 0 Å². The van der Waals surface area contributed by atoms with Crippen LogP contribution in [0.15, 0.2) is 0 Å². The zero-order valence-corrected chi connectivity index (χ0v) is 12.8. The molecule has 0 saturated carbocycles. The van der Waals surface area contributed by atoms with E-state index in [4.69, 9.17) is 14.2 Å². The molecule has 1 atom stereocenters. The molecule has 0 spiro atoms. The molecule has 0 amide bonds. The molecule has 0 bridgehead atoms. The standard InChI is InChI=1S/C14H29NO4/c1-5-15-14(3,13(16)19-6-2)9-7-11-18-12-8-10-17-4/h15H,5-12H2,1-4H3. The third-order valence-electron chi connectivity index (χ3n) is 2.90. The summed E-state index contributed by atoms with van der Waals surface area (Å²) >= 11 is 0. The Morgan fingerprint density at radius 3 is 2.42 bits per heavy atom. The highest BCUT2D eigenvalue weighted by atomic mass is 16.5. The van der Waals surface area contributed by atoms with Crippen molar-refractivity contribution in [3.05, 3.63) is 0 Å². The molecule has 0 aliphatic carbocycles. The van der Waals surface area contributed by atoms with Gasteiger partial charge < -0.3 is 19.5 Å². The number of likely N-dealkylation sites (N-methyl/N-ethyl adjacent to an activating group) is 1. The summed E-state index contributed by atoms with van der Waals surface area (Å²) in [6.45, 7) is 8.92. The monoisotopic (exact) mass is 275 g/mol. The molecule has 114 valence electrons. The van der Waals surface area contributed by atoms with E-state index < -0.39 is 5.54 Å². The van der Waals surface area contributed by atoms with Gasteiger partial charge in [-0.3, -0.25) is 4.79 Å². The second-order valence-corrected chi connectivity index (χ2v) is 4.65. The van der Waals surface area contributed by atoms with Crippen molar-refractivity contribution in [1.29, 1.82) is 0 Å². The van der Waals surface area contributed by atoms with Gasteiger partial charge in [-0.1, -0.05) is 6.92 Å². The Balaban J connectivity index is 3.90. The van der Waals surface area contributed by atoms with Crippen LogP contribution < -0.4 is 5.32 Å². The van der Waals surface area contributed by atoms with Crippen molar-refractivity contribution in [2.45, 2.75) is 45.6 Å². The van der Waals surface area contributed by atoms with Crippen molar-refractivity contribution in [1.82, 2.24) is 5.32 Å². The number of hydrogen-bond acceptors (Lipinski definition) is 5. The van der Waals surface area contributed by atoms with Crippen LogP contribution in [0.2, 0.25) is 0 Å². The van der Waals surface area contributed by atoms with Crippen LogP contribution in [0.5, 0.6) is 0 Å². The molecule has 5 heteroatoms. The van der Waals surface area contributed by atoms with Gasteiger partial charge in [0.05, 0.1) is 6.61 Å². The molecule has 0 aliphatic rings. The second-order valence-electron chi connectivity index (χ2n) is 4.65. The van der Waals surface area contributed by atoms with E-state index in [9.17, 15) is 4.79 Å². The number of hydrogen-bond donors (Lipinski definition) is 1. The van der Waals surface area contributed by atoms with Crippen molar-refractivity contribution in [3.8, 4) is 0 Å². The van der Waals surface area contributed by atoms with Gasteiger partial charge in [-0.15, -0.1) is 0 Å². The average Bonchev–Trinajstić information content (AvgIpc) is 2.38. The largest absolute Gasteiger partial charge is 0.465 e. The number of rotatable bonds is 12. The van der Waals surface area contributed by atoms with Crippen molar-refractivity contribution in [2.75, 3.05) is 40.1 Å². The predicted molar refractivity (Wildman–Crippen MR) is 75.3 cm³/mol. The van der Waals surface area contributed by atoms with Crippen molar-refractivity contribution >= 4 is 5.97 Å². The SMILES string of the molecule is CCNC(C)(CCCOCCCOC)C(=O)OCC. The Morgan fingerprint density at radius 1 is 1.16 bits per heavy atom. The van der Waals surface area contributed by atoms with Crippen LogP contribution in [0.1, 0.15) is 40.0 Å². The van der Waals surface area contributed by atoms with Gasteiger partial charge in [-0.2, -0.15) is 0 Å². The summed E-state index contributed by atoms with van der Waals surface area (Å²) in [6, 6.07) is 0. The quantitative estimate of drug-likeness (QED) is 0.434. The molecule has 0 radical (unpaired) electrons. The Morgan fingerprint density at radius 2 is 1.84 bits per heavy atom. The molecule has 1 N–H and O–H groups in total. The maximum atomic E-state index is 11.9. The summed E-state index contributed by atoms with van der Waals surface area (Å²) in [5.41, 5.74) is -0.610. The topological polar surface area (TPSA) is 56.8 Å². The lowest BCUT2D eigenvalue weighted by Gasteiger charge is -2.28. The van der Waals surface area contributed by atoms with E-state index in [1.165, 1.54) is 0 Å². The first-order valence-electron chi connectivity index (χ1n) is 7.09. The normalized spacial score (nSPS) is 14.1. The highest BCUT2D eigenvalue weighted by Gasteiger charge is 2.32. The van der Waals surface area contributed by atoms with Gasteiger partial charge in [-0.25, -0.2) is 0 Å². The van der Waals surface area contributed by atoms with Crippen LogP contribution in [-0.2, 0) is 19.0 Å². The van der Waals surface area contributed by atoms with Crippen molar-refractivity contribution in [2.24, 2.45) is 0 Å². The van der Waals surface area contributed by atoms with Gasteiger partial charge in [0.15, 0.2) is 0 Å². The van der Waals surface area contributed by atoms with Crippen LogP contribution >= 0.6 is 0 Å². The first kappa shape index (κ1) is 18.4. The fourth-order valence-electron chi connectivity index (χ4n) is 1.88. The number of esters is 1. The summed E-state index contributed by atoms with van der Waals surface area (Å²) in [6.07, 6.45) is 2.44. The molecular weight excluding hydrogens is 246 g/mol. The lowest BCUT2D eigenvalue weighted by Crippen LogP contribution is -2.50. The maximum absolute atomic E-state index is 11.9. The fourth-order valence-corrected chi connectivity index (χ4v) is 1.88. The molecule has 0 heterocycles. The smallest absolute Gasteiger partial charge is 0.326 e. The maximum Gasteiger partial charge on any atom is 0.326 e. The van der Waals surface area contributed by atoms with Crippen molar-refractivity contribution in [3.63, 3.8) is 0 Å². The summed E-state index contributed by atoms with van der Waals surface area (Å²) in [5.74, 6) is -0.184. The molecule has 1 unspecified atom stereocenters. The molecule has 0 aromatic rings. The third-order valence-corrected chi connectivity index (χ3v) is 2.90. The van der Waals surface area contributed by atoms with Gasteiger partial charge in [0, 0.05) is 26.9 Å². The average molecular weight is 275 g/mol. The van der Waals surface area contributed by atoms with Gasteiger partial charge >= 0.3 is 5.97 Å². The van der Waals surface area contributed by atoms with Gasteiger partial charge in [0.2, 0.25) is 0 Å². The number of ether oxygens (including phenoxy) is 3. The summed E-state index contributed by atoms with van der Waals surface area (Å²) in [7, 11) is 1.68. The Labute approximate surface area is 117 Å². The minimum absolute atomic E-state index is 0.184. The molecule has 5 nitrogen and oxygen atoms in total. The first-order valence-corrected chi connectivity index (χ1v) is 7.09. The van der Waals surface area contributed by atoms with Crippen LogP contribution in [0.3, 0.4) is 0 Å². The molecule has 0 aromatic heterocycles. The number of nitrogens with one attached hydrogen (secondary N) is 1. The highest BCUT2D eigenvalue weighted by molar-refractivity contribution is 5.80. The summed E-state index contributed by atoms with van der Waals surface area (Å²) in [5, 5.41) is 3.20. The minimum atomic E-state index is -0.610. The van der Waals surface area contributed by atoms with E-state index in [1.807, 2.05) is 20.8 Å². The summed E-state index contributed by atoms with van der Waals surface area (Å²) in [4.78, 5) is 11.9. The Kier molecular flexibility index (Phi) is 10.8. The van der Waals surface area contributed by atoms with Crippen LogP contribution in [-0.4, -0.2) is 51.6 Å². The molecule has 0 fully saturated rings. The highest BCUT2D eigenvalue weighted by Crippen LogP contribution is 2.14. The molecule has 0 saturated heterocycles. The minimum Gasteiger partial charge on any atom is -0.465 e. The molecule has 19 heavy (non-hydrogen) atoms. The molecule has 0 aliphatic heterocycles. The molecule has 0 rings (SSSR count). The van der Waals surface area contributed by atoms with Gasteiger partial charge in [-0.05, 0) is 39.7 Å². The van der Waals surface area contributed by atoms with Gasteiger partial charge in [0.1, 0.15) is 5.54 Å².